The normalized spacial score (nSPS) is 10.3. The van der Waals surface area contributed by atoms with Crippen LogP contribution in [0, 0.1) is 10.1 Å². The van der Waals surface area contributed by atoms with Crippen molar-refractivity contribution in [2.45, 2.75) is 6.61 Å². The third-order valence-corrected chi connectivity index (χ3v) is 4.18. The third-order valence-electron chi connectivity index (χ3n) is 3.15. The average molecular weight is 341 g/mol. The number of aromatic nitrogens is 2. The van der Waals surface area contributed by atoms with Crippen molar-refractivity contribution in [2.75, 3.05) is 0 Å². The van der Waals surface area contributed by atoms with Crippen LogP contribution in [0.4, 0.5) is 5.69 Å². The zero-order chi connectivity index (χ0) is 16.9. The Morgan fingerprint density at radius 3 is 2.54 bits per heavy atom. The second kappa shape index (κ2) is 6.97. The molecule has 120 valence electrons. The molecule has 0 radical (unpaired) electrons. The Bertz CT molecular complexity index is 863. The van der Waals surface area contributed by atoms with E-state index in [1.54, 1.807) is 24.5 Å². The molecule has 0 amide bonds. The summed E-state index contributed by atoms with van der Waals surface area (Å²) in [6.07, 6.45) is 4.78. The standard InChI is InChI=1S/C16H11N3O4S/c20-16(23-10-11-1-3-13(4-2-11)19(21)22)14-9-18-15(24-14)12-5-7-17-8-6-12/h1-9H,10H2. The Balaban J connectivity index is 1.63. The summed E-state index contributed by atoms with van der Waals surface area (Å²) >= 11 is 1.23. The smallest absolute Gasteiger partial charge is 0.350 e. The molecule has 3 aromatic rings. The number of rotatable bonds is 5. The highest BCUT2D eigenvalue weighted by Gasteiger charge is 2.13. The van der Waals surface area contributed by atoms with Crippen molar-refractivity contribution in [3.05, 3.63) is 75.5 Å². The van der Waals surface area contributed by atoms with Crippen LogP contribution < -0.4 is 0 Å². The number of carbonyl (C=O) groups is 1. The number of hydrogen-bond donors (Lipinski definition) is 0. The minimum atomic E-state index is -0.480. The zero-order valence-electron chi connectivity index (χ0n) is 12.3. The number of ether oxygens (including phenoxy) is 1. The molecule has 2 aromatic heterocycles. The lowest BCUT2D eigenvalue weighted by Gasteiger charge is -2.02. The molecule has 0 aliphatic heterocycles. The van der Waals surface area contributed by atoms with E-state index >= 15 is 0 Å². The van der Waals surface area contributed by atoms with Crippen LogP contribution in [-0.4, -0.2) is 20.9 Å². The van der Waals surface area contributed by atoms with Crippen LogP contribution in [0.2, 0.25) is 0 Å². The highest BCUT2D eigenvalue weighted by atomic mass is 32.1. The van der Waals surface area contributed by atoms with Crippen LogP contribution in [-0.2, 0) is 11.3 Å². The van der Waals surface area contributed by atoms with E-state index in [1.807, 2.05) is 12.1 Å². The summed E-state index contributed by atoms with van der Waals surface area (Å²) < 4.78 is 5.21. The Labute approximate surface area is 140 Å². The first-order valence-corrected chi connectivity index (χ1v) is 7.72. The lowest BCUT2D eigenvalue weighted by Crippen LogP contribution is -2.03. The van der Waals surface area contributed by atoms with Gasteiger partial charge in [-0.25, -0.2) is 9.78 Å². The molecule has 24 heavy (non-hydrogen) atoms. The molecule has 0 saturated carbocycles. The fraction of sp³-hybridized carbons (Fsp3) is 0.0625. The summed E-state index contributed by atoms with van der Waals surface area (Å²) in [5, 5.41) is 11.3. The van der Waals surface area contributed by atoms with Gasteiger partial charge in [0.25, 0.3) is 5.69 Å². The van der Waals surface area contributed by atoms with Crippen molar-refractivity contribution >= 4 is 23.0 Å². The molecule has 3 rings (SSSR count). The number of carbonyl (C=O) groups excluding carboxylic acids is 1. The fourth-order valence-electron chi connectivity index (χ4n) is 1.93. The minimum absolute atomic E-state index is 0.00507. The van der Waals surface area contributed by atoms with Gasteiger partial charge in [-0.2, -0.15) is 0 Å². The van der Waals surface area contributed by atoms with Crippen LogP contribution in [0.15, 0.2) is 55.0 Å². The van der Waals surface area contributed by atoms with Crippen molar-refractivity contribution < 1.29 is 14.5 Å². The number of non-ortho nitro benzene ring substituents is 1. The minimum Gasteiger partial charge on any atom is -0.457 e. The molecule has 7 nitrogen and oxygen atoms in total. The van der Waals surface area contributed by atoms with Crippen molar-refractivity contribution in [1.29, 1.82) is 0 Å². The van der Waals surface area contributed by atoms with Gasteiger partial charge in [0, 0.05) is 30.1 Å². The lowest BCUT2D eigenvalue weighted by molar-refractivity contribution is -0.384. The van der Waals surface area contributed by atoms with Crippen molar-refractivity contribution in [3.8, 4) is 10.6 Å². The van der Waals surface area contributed by atoms with Gasteiger partial charge in [0.1, 0.15) is 16.5 Å². The summed E-state index contributed by atoms with van der Waals surface area (Å²) in [6.45, 7) is 0.0410. The van der Waals surface area contributed by atoms with Crippen LogP contribution in [0.1, 0.15) is 15.2 Å². The predicted octanol–water partition coefficient (Wildman–Crippen LogP) is 3.47. The van der Waals surface area contributed by atoms with Crippen LogP contribution in [0.5, 0.6) is 0 Å². The molecule has 2 heterocycles. The second-order valence-electron chi connectivity index (χ2n) is 4.77. The van der Waals surface area contributed by atoms with Gasteiger partial charge in [-0.15, -0.1) is 11.3 Å². The van der Waals surface area contributed by atoms with Crippen molar-refractivity contribution in [2.24, 2.45) is 0 Å². The van der Waals surface area contributed by atoms with Crippen molar-refractivity contribution in [1.82, 2.24) is 9.97 Å². The molecule has 0 bridgehead atoms. The molecule has 0 aliphatic carbocycles. The Kier molecular flexibility index (Phi) is 4.57. The van der Waals surface area contributed by atoms with E-state index in [-0.39, 0.29) is 12.3 Å². The molecule has 0 spiro atoms. The quantitative estimate of drug-likeness (QED) is 0.400. The predicted molar refractivity (Wildman–Crippen MR) is 87.6 cm³/mol. The molecular weight excluding hydrogens is 330 g/mol. The molecule has 0 unspecified atom stereocenters. The number of esters is 1. The first kappa shape index (κ1) is 15.8. The number of pyridine rings is 1. The molecule has 0 fully saturated rings. The summed E-state index contributed by atoms with van der Waals surface area (Å²) in [4.78, 5) is 30.7. The summed E-state index contributed by atoms with van der Waals surface area (Å²) in [5.41, 5.74) is 1.55. The lowest BCUT2D eigenvalue weighted by atomic mass is 10.2. The number of nitrogens with zero attached hydrogens (tertiary/aromatic N) is 3. The van der Waals surface area contributed by atoms with Gasteiger partial charge >= 0.3 is 5.97 Å². The molecule has 8 heteroatoms. The average Bonchev–Trinajstić information content (AvgIpc) is 3.11. The number of thiazole rings is 1. The van der Waals surface area contributed by atoms with Gasteiger partial charge in [0.2, 0.25) is 0 Å². The second-order valence-corrected chi connectivity index (χ2v) is 5.80. The van der Waals surface area contributed by atoms with E-state index in [9.17, 15) is 14.9 Å². The van der Waals surface area contributed by atoms with Gasteiger partial charge in [0.15, 0.2) is 0 Å². The number of nitro benzene ring substituents is 1. The van der Waals surface area contributed by atoms with E-state index in [0.717, 1.165) is 5.56 Å². The topological polar surface area (TPSA) is 95.2 Å². The van der Waals surface area contributed by atoms with E-state index < -0.39 is 10.9 Å². The molecular formula is C16H11N3O4S. The highest BCUT2D eigenvalue weighted by molar-refractivity contribution is 7.16. The van der Waals surface area contributed by atoms with Crippen LogP contribution >= 0.6 is 11.3 Å². The monoisotopic (exact) mass is 341 g/mol. The number of nitro groups is 1. The van der Waals surface area contributed by atoms with Gasteiger partial charge in [-0.1, -0.05) is 0 Å². The molecule has 0 saturated heterocycles. The maximum Gasteiger partial charge on any atom is 0.350 e. The van der Waals surface area contributed by atoms with Gasteiger partial charge in [-0.3, -0.25) is 15.1 Å². The summed E-state index contributed by atoms with van der Waals surface area (Å²) in [5.74, 6) is -0.480. The first-order valence-electron chi connectivity index (χ1n) is 6.90. The van der Waals surface area contributed by atoms with E-state index in [1.165, 1.54) is 29.7 Å². The van der Waals surface area contributed by atoms with Crippen LogP contribution in [0.25, 0.3) is 10.6 Å². The molecule has 0 aliphatic rings. The van der Waals surface area contributed by atoms with E-state index in [2.05, 4.69) is 9.97 Å². The SMILES string of the molecule is O=C(OCc1ccc([N+](=O)[O-])cc1)c1cnc(-c2ccncc2)s1. The maximum atomic E-state index is 12.1. The zero-order valence-corrected chi connectivity index (χ0v) is 13.1. The molecule has 1 aromatic carbocycles. The Morgan fingerprint density at radius 1 is 1.17 bits per heavy atom. The van der Waals surface area contributed by atoms with Crippen molar-refractivity contribution in [3.63, 3.8) is 0 Å². The third kappa shape index (κ3) is 3.61. The largest absolute Gasteiger partial charge is 0.457 e. The van der Waals surface area contributed by atoms with Gasteiger partial charge in [0.05, 0.1) is 11.1 Å². The number of benzene rings is 1. The Hall–Kier alpha value is -3.13. The maximum absolute atomic E-state index is 12.1. The summed E-state index contributed by atoms with van der Waals surface area (Å²) in [7, 11) is 0. The summed E-state index contributed by atoms with van der Waals surface area (Å²) in [6, 6.07) is 9.48. The number of hydrogen-bond acceptors (Lipinski definition) is 7. The Morgan fingerprint density at radius 2 is 1.88 bits per heavy atom. The van der Waals surface area contributed by atoms with Crippen LogP contribution in [0.3, 0.4) is 0 Å². The highest BCUT2D eigenvalue weighted by Crippen LogP contribution is 2.25. The molecule has 0 atom stereocenters. The van der Waals surface area contributed by atoms with Gasteiger partial charge < -0.3 is 4.74 Å². The van der Waals surface area contributed by atoms with E-state index in [0.29, 0.717) is 15.4 Å². The van der Waals surface area contributed by atoms with Gasteiger partial charge in [-0.05, 0) is 29.8 Å². The first-order chi connectivity index (χ1) is 11.6. The fourth-order valence-corrected chi connectivity index (χ4v) is 2.75. The molecule has 0 N–H and O–H groups in total. The van der Waals surface area contributed by atoms with E-state index in [4.69, 9.17) is 4.74 Å².